The summed E-state index contributed by atoms with van der Waals surface area (Å²) in [5.41, 5.74) is 11.6. The fourth-order valence-electron chi connectivity index (χ4n) is 1.36. The van der Waals surface area contributed by atoms with Gasteiger partial charge in [-0.2, -0.15) is 5.10 Å². The van der Waals surface area contributed by atoms with Gasteiger partial charge in [0.15, 0.2) is 5.69 Å². The van der Waals surface area contributed by atoms with Crippen molar-refractivity contribution in [2.75, 3.05) is 12.8 Å². The molecule has 0 saturated heterocycles. The Morgan fingerprint density at radius 3 is 2.82 bits per heavy atom. The summed E-state index contributed by atoms with van der Waals surface area (Å²) in [5, 5.41) is 3.98. The van der Waals surface area contributed by atoms with Crippen molar-refractivity contribution in [3.05, 3.63) is 30.4 Å². The van der Waals surface area contributed by atoms with Gasteiger partial charge in [-0.05, 0) is 0 Å². The van der Waals surface area contributed by atoms with E-state index in [2.05, 4.69) is 10.1 Å². The third kappa shape index (κ3) is 2.03. The van der Waals surface area contributed by atoms with E-state index in [9.17, 15) is 4.79 Å². The number of ether oxygens (including phenoxy) is 1. The van der Waals surface area contributed by atoms with Crippen LogP contribution in [0.1, 0.15) is 10.5 Å². The topological polar surface area (TPSA) is 109 Å². The number of amides is 1. The van der Waals surface area contributed by atoms with Crippen molar-refractivity contribution >= 4 is 11.6 Å². The summed E-state index contributed by atoms with van der Waals surface area (Å²) in [5.74, 6) is -0.0886. The zero-order valence-corrected chi connectivity index (χ0v) is 9.12. The van der Waals surface area contributed by atoms with Crippen LogP contribution in [0.3, 0.4) is 0 Å². The Morgan fingerprint density at radius 2 is 2.24 bits per heavy atom. The van der Waals surface area contributed by atoms with Crippen LogP contribution in [0, 0.1) is 0 Å². The molecular weight excluding hydrogens is 222 g/mol. The Morgan fingerprint density at radius 1 is 1.47 bits per heavy atom. The third-order valence-electron chi connectivity index (χ3n) is 2.17. The van der Waals surface area contributed by atoms with Gasteiger partial charge in [-0.25, -0.2) is 4.68 Å². The second-order valence-corrected chi connectivity index (χ2v) is 3.32. The Kier molecular flexibility index (Phi) is 2.65. The zero-order chi connectivity index (χ0) is 12.4. The second-order valence-electron chi connectivity index (χ2n) is 3.32. The molecule has 0 unspecified atom stereocenters. The molecule has 0 fully saturated rings. The maximum Gasteiger partial charge on any atom is 0.271 e. The molecular formula is C10H11N5O2. The standard InChI is InChI=1S/C10H11N5O2/c1-17-7-2-6(3-13-4-7)15-5-8(11)9(14-15)10(12)16/h2-5H,11H2,1H3,(H2,12,16). The number of aromatic nitrogens is 3. The van der Waals surface area contributed by atoms with E-state index >= 15 is 0 Å². The van der Waals surface area contributed by atoms with Gasteiger partial charge in [-0.3, -0.25) is 9.78 Å². The van der Waals surface area contributed by atoms with Crippen LogP contribution in [0.15, 0.2) is 24.7 Å². The first-order chi connectivity index (χ1) is 8.11. The lowest BCUT2D eigenvalue weighted by molar-refractivity contribution is 0.0996. The van der Waals surface area contributed by atoms with E-state index in [1.54, 1.807) is 18.5 Å². The van der Waals surface area contributed by atoms with E-state index in [0.29, 0.717) is 11.4 Å². The van der Waals surface area contributed by atoms with Gasteiger partial charge in [-0.15, -0.1) is 0 Å². The molecule has 7 heteroatoms. The van der Waals surface area contributed by atoms with Crippen LogP contribution >= 0.6 is 0 Å². The molecule has 0 saturated carbocycles. The number of hydrogen-bond acceptors (Lipinski definition) is 5. The van der Waals surface area contributed by atoms with Crippen molar-refractivity contribution in [2.24, 2.45) is 5.73 Å². The smallest absolute Gasteiger partial charge is 0.271 e. The van der Waals surface area contributed by atoms with Crippen LogP contribution in [0.25, 0.3) is 5.69 Å². The Hall–Kier alpha value is -2.57. The lowest BCUT2D eigenvalue weighted by Crippen LogP contribution is -2.14. The first-order valence-electron chi connectivity index (χ1n) is 4.76. The summed E-state index contributed by atoms with van der Waals surface area (Å²) in [6, 6.07) is 1.71. The summed E-state index contributed by atoms with van der Waals surface area (Å²) in [4.78, 5) is 15.0. The van der Waals surface area contributed by atoms with Crippen molar-refractivity contribution in [2.45, 2.75) is 0 Å². The second kappa shape index (κ2) is 4.12. The van der Waals surface area contributed by atoms with E-state index in [4.69, 9.17) is 16.2 Å². The van der Waals surface area contributed by atoms with Crippen molar-refractivity contribution in [3.63, 3.8) is 0 Å². The normalized spacial score (nSPS) is 10.2. The lowest BCUT2D eigenvalue weighted by atomic mass is 10.4. The maximum absolute atomic E-state index is 11.0. The largest absolute Gasteiger partial charge is 0.495 e. The van der Waals surface area contributed by atoms with Gasteiger partial charge < -0.3 is 16.2 Å². The molecule has 0 aliphatic heterocycles. The molecule has 2 aromatic rings. The van der Waals surface area contributed by atoms with Gasteiger partial charge in [0.2, 0.25) is 0 Å². The number of carbonyl (C=O) groups is 1. The molecule has 0 aromatic carbocycles. The van der Waals surface area contributed by atoms with Crippen LogP contribution in [0.5, 0.6) is 5.75 Å². The van der Waals surface area contributed by atoms with Crippen LogP contribution in [0.4, 0.5) is 5.69 Å². The van der Waals surface area contributed by atoms with Crippen molar-refractivity contribution in [3.8, 4) is 11.4 Å². The predicted octanol–water partition coefficient (Wildman–Crippen LogP) is -0.0430. The van der Waals surface area contributed by atoms with Crippen molar-refractivity contribution < 1.29 is 9.53 Å². The molecule has 0 aliphatic carbocycles. The molecule has 7 nitrogen and oxygen atoms in total. The molecule has 1 amide bonds. The molecule has 17 heavy (non-hydrogen) atoms. The minimum Gasteiger partial charge on any atom is -0.495 e. The van der Waals surface area contributed by atoms with E-state index in [-0.39, 0.29) is 11.4 Å². The molecule has 2 heterocycles. The molecule has 0 bridgehead atoms. The highest BCUT2D eigenvalue weighted by Gasteiger charge is 2.12. The monoisotopic (exact) mass is 233 g/mol. The number of hydrogen-bond donors (Lipinski definition) is 2. The molecule has 0 radical (unpaired) electrons. The average Bonchev–Trinajstić information content (AvgIpc) is 2.71. The number of rotatable bonds is 3. The summed E-state index contributed by atoms with van der Waals surface area (Å²) in [6.07, 6.45) is 4.63. The minimum absolute atomic E-state index is 0.0350. The number of anilines is 1. The quantitative estimate of drug-likeness (QED) is 0.772. The van der Waals surface area contributed by atoms with Crippen molar-refractivity contribution in [1.29, 1.82) is 0 Å². The number of nitrogen functional groups attached to an aromatic ring is 1. The molecule has 0 atom stereocenters. The predicted molar refractivity (Wildman–Crippen MR) is 60.8 cm³/mol. The molecule has 88 valence electrons. The number of primary amides is 1. The summed E-state index contributed by atoms with van der Waals surface area (Å²) in [6.45, 7) is 0. The number of carbonyl (C=O) groups excluding carboxylic acids is 1. The number of methoxy groups -OCH3 is 1. The highest BCUT2D eigenvalue weighted by molar-refractivity contribution is 5.95. The van der Waals surface area contributed by atoms with E-state index in [0.717, 1.165) is 0 Å². The Labute approximate surface area is 97.0 Å². The summed E-state index contributed by atoms with van der Waals surface area (Å²) in [7, 11) is 1.53. The molecule has 0 aliphatic rings. The van der Waals surface area contributed by atoms with Crippen LogP contribution in [-0.4, -0.2) is 27.8 Å². The van der Waals surface area contributed by atoms with Crippen LogP contribution in [-0.2, 0) is 0 Å². The SMILES string of the molecule is COc1cncc(-n2cc(N)c(C(N)=O)n2)c1. The Balaban J connectivity index is 2.46. The van der Waals surface area contributed by atoms with Gasteiger partial charge in [0.05, 0.1) is 37.1 Å². The molecule has 4 N–H and O–H groups in total. The number of pyridine rings is 1. The average molecular weight is 233 g/mol. The molecule has 2 aromatic heterocycles. The van der Waals surface area contributed by atoms with E-state index < -0.39 is 5.91 Å². The minimum atomic E-state index is -0.669. The lowest BCUT2D eigenvalue weighted by Gasteiger charge is -2.02. The van der Waals surface area contributed by atoms with E-state index in [1.165, 1.54) is 18.0 Å². The zero-order valence-electron chi connectivity index (χ0n) is 9.12. The number of nitrogens with zero attached hydrogens (tertiary/aromatic N) is 3. The van der Waals surface area contributed by atoms with Gasteiger partial charge in [0, 0.05) is 6.07 Å². The fraction of sp³-hybridized carbons (Fsp3) is 0.100. The highest BCUT2D eigenvalue weighted by atomic mass is 16.5. The van der Waals surface area contributed by atoms with Crippen molar-refractivity contribution in [1.82, 2.24) is 14.8 Å². The van der Waals surface area contributed by atoms with Gasteiger partial charge in [-0.1, -0.05) is 0 Å². The van der Waals surface area contributed by atoms with Gasteiger partial charge in [0.1, 0.15) is 5.75 Å². The highest BCUT2D eigenvalue weighted by Crippen LogP contribution is 2.17. The van der Waals surface area contributed by atoms with E-state index in [1.807, 2.05) is 0 Å². The molecule has 0 spiro atoms. The first-order valence-corrected chi connectivity index (χ1v) is 4.76. The number of nitrogens with two attached hydrogens (primary N) is 2. The summed E-state index contributed by atoms with van der Waals surface area (Å²) < 4.78 is 6.46. The first kappa shape index (κ1) is 10.9. The Bertz CT molecular complexity index is 564. The van der Waals surface area contributed by atoms with Crippen LogP contribution in [0.2, 0.25) is 0 Å². The van der Waals surface area contributed by atoms with Gasteiger partial charge >= 0.3 is 0 Å². The fourth-order valence-corrected chi connectivity index (χ4v) is 1.36. The molecule has 2 rings (SSSR count). The van der Waals surface area contributed by atoms with Crippen LogP contribution < -0.4 is 16.2 Å². The van der Waals surface area contributed by atoms with Gasteiger partial charge in [0.25, 0.3) is 5.91 Å². The maximum atomic E-state index is 11.0. The summed E-state index contributed by atoms with van der Waals surface area (Å²) >= 11 is 0. The third-order valence-corrected chi connectivity index (χ3v) is 2.17.